The topological polar surface area (TPSA) is 84.2 Å². The van der Waals surface area contributed by atoms with E-state index in [2.05, 4.69) is 10.4 Å². The van der Waals surface area contributed by atoms with Crippen molar-refractivity contribution in [2.45, 2.75) is 26.8 Å². The minimum absolute atomic E-state index is 0.203. The molecule has 0 aliphatic heterocycles. The average Bonchev–Trinajstić information content (AvgIpc) is 2.87. The third kappa shape index (κ3) is 3.33. The summed E-state index contributed by atoms with van der Waals surface area (Å²) >= 11 is 0. The van der Waals surface area contributed by atoms with Crippen molar-refractivity contribution in [1.29, 1.82) is 0 Å². The first-order chi connectivity index (χ1) is 10.4. The fraction of sp³-hybridized carbons (Fsp3) is 0.312. The fourth-order valence-electron chi connectivity index (χ4n) is 2.13. The molecule has 1 unspecified atom stereocenters. The zero-order valence-electron chi connectivity index (χ0n) is 12.8. The second kappa shape index (κ2) is 6.43. The van der Waals surface area contributed by atoms with Crippen LogP contribution in [-0.4, -0.2) is 32.8 Å². The van der Waals surface area contributed by atoms with E-state index >= 15 is 0 Å². The average molecular weight is 301 g/mol. The number of carbonyl (C=O) groups excluding carboxylic acids is 1. The van der Waals surface area contributed by atoms with Crippen molar-refractivity contribution in [3.8, 4) is 5.69 Å². The lowest BCUT2D eigenvalue weighted by atomic mass is 10.0. The van der Waals surface area contributed by atoms with Crippen molar-refractivity contribution >= 4 is 11.9 Å². The van der Waals surface area contributed by atoms with Crippen LogP contribution < -0.4 is 5.32 Å². The predicted octanol–water partition coefficient (Wildman–Crippen LogP) is 2.02. The van der Waals surface area contributed by atoms with Crippen LogP contribution >= 0.6 is 0 Å². The van der Waals surface area contributed by atoms with Gasteiger partial charge in [-0.05, 0) is 25.0 Å². The van der Waals surface area contributed by atoms with Crippen LogP contribution in [-0.2, 0) is 4.79 Å². The van der Waals surface area contributed by atoms with Crippen molar-refractivity contribution in [3.05, 3.63) is 47.8 Å². The van der Waals surface area contributed by atoms with Gasteiger partial charge in [0.25, 0.3) is 5.91 Å². The van der Waals surface area contributed by atoms with Gasteiger partial charge in [0, 0.05) is 6.20 Å². The highest BCUT2D eigenvalue weighted by Crippen LogP contribution is 2.12. The molecular formula is C16H19N3O3. The van der Waals surface area contributed by atoms with Crippen LogP contribution in [0.25, 0.3) is 5.69 Å². The number of para-hydroxylation sites is 1. The van der Waals surface area contributed by atoms with Crippen LogP contribution in [0, 0.1) is 12.8 Å². The van der Waals surface area contributed by atoms with E-state index in [0.29, 0.717) is 11.3 Å². The van der Waals surface area contributed by atoms with E-state index in [1.54, 1.807) is 31.6 Å². The van der Waals surface area contributed by atoms with Gasteiger partial charge in [-0.2, -0.15) is 5.10 Å². The first kappa shape index (κ1) is 15.8. The molecule has 6 heteroatoms. The molecule has 1 aromatic carbocycles. The first-order valence-electron chi connectivity index (χ1n) is 7.05. The lowest BCUT2D eigenvalue weighted by Crippen LogP contribution is -2.44. The zero-order valence-corrected chi connectivity index (χ0v) is 12.8. The number of aryl methyl sites for hydroxylation is 1. The summed E-state index contributed by atoms with van der Waals surface area (Å²) in [7, 11) is 0. The second-order valence-corrected chi connectivity index (χ2v) is 5.44. The summed E-state index contributed by atoms with van der Waals surface area (Å²) < 4.78 is 1.61. The van der Waals surface area contributed by atoms with E-state index in [0.717, 1.165) is 5.69 Å². The van der Waals surface area contributed by atoms with Crippen LogP contribution in [0.5, 0.6) is 0 Å². The SMILES string of the molecule is Cc1nn(-c2ccccc2)cc1C(=O)NC(C(=O)O)C(C)C. The summed E-state index contributed by atoms with van der Waals surface area (Å²) in [5.74, 6) is -1.68. The Bertz CT molecular complexity index is 677. The third-order valence-electron chi connectivity index (χ3n) is 3.38. The number of nitrogens with one attached hydrogen (secondary N) is 1. The van der Waals surface area contributed by atoms with Crippen LogP contribution in [0.1, 0.15) is 29.9 Å². The van der Waals surface area contributed by atoms with E-state index in [4.69, 9.17) is 5.11 Å². The Hall–Kier alpha value is -2.63. The number of hydrogen-bond donors (Lipinski definition) is 2. The molecule has 0 fully saturated rings. The number of aromatic nitrogens is 2. The monoisotopic (exact) mass is 301 g/mol. The summed E-state index contributed by atoms with van der Waals surface area (Å²) in [4.78, 5) is 23.5. The second-order valence-electron chi connectivity index (χ2n) is 5.44. The van der Waals surface area contributed by atoms with Gasteiger partial charge in [-0.25, -0.2) is 9.48 Å². The maximum atomic E-state index is 12.3. The number of benzene rings is 1. The highest BCUT2D eigenvalue weighted by molar-refractivity contribution is 5.97. The molecule has 6 nitrogen and oxygen atoms in total. The molecule has 116 valence electrons. The highest BCUT2D eigenvalue weighted by Gasteiger charge is 2.25. The standard InChI is InChI=1S/C16H19N3O3/c1-10(2)14(16(21)22)17-15(20)13-9-19(18-11(13)3)12-7-5-4-6-8-12/h4-10,14H,1-3H3,(H,17,20)(H,21,22). The summed E-state index contributed by atoms with van der Waals surface area (Å²) in [6, 6.07) is 8.49. The number of carbonyl (C=O) groups is 2. The maximum absolute atomic E-state index is 12.3. The third-order valence-corrected chi connectivity index (χ3v) is 3.38. The van der Waals surface area contributed by atoms with Gasteiger partial charge in [-0.1, -0.05) is 32.0 Å². The summed E-state index contributed by atoms with van der Waals surface area (Å²) in [6.07, 6.45) is 1.61. The van der Waals surface area contributed by atoms with Crippen molar-refractivity contribution in [2.24, 2.45) is 5.92 Å². The summed E-state index contributed by atoms with van der Waals surface area (Å²) in [6.45, 7) is 5.22. The number of carboxylic acids is 1. The molecule has 1 atom stereocenters. The Labute approximate surface area is 128 Å². The fourth-order valence-corrected chi connectivity index (χ4v) is 2.13. The predicted molar refractivity (Wildman–Crippen MR) is 82.0 cm³/mol. The molecule has 0 saturated heterocycles. The maximum Gasteiger partial charge on any atom is 0.326 e. The molecule has 22 heavy (non-hydrogen) atoms. The van der Waals surface area contributed by atoms with Crippen LogP contribution in [0.3, 0.4) is 0 Å². The Morgan fingerprint density at radius 2 is 1.86 bits per heavy atom. The number of hydrogen-bond acceptors (Lipinski definition) is 3. The van der Waals surface area contributed by atoms with Crippen LogP contribution in [0.4, 0.5) is 0 Å². The van der Waals surface area contributed by atoms with E-state index in [9.17, 15) is 9.59 Å². The number of amides is 1. The molecule has 0 radical (unpaired) electrons. The summed E-state index contributed by atoms with van der Waals surface area (Å²) in [5, 5.41) is 16.0. The number of nitrogens with zero attached hydrogens (tertiary/aromatic N) is 2. The van der Waals surface area contributed by atoms with Crippen LogP contribution in [0.15, 0.2) is 36.5 Å². The molecule has 1 amide bonds. The van der Waals surface area contributed by atoms with Gasteiger partial charge in [0.1, 0.15) is 6.04 Å². The van der Waals surface area contributed by atoms with E-state index in [1.165, 1.54) is 0 Å². The van der Waals surface area contributed by atoms with Gasteiger partial charge in [0.15, 0.2) is 0 Å². The number of rotatable bonds is 5. The van der Waals surface area contributed by atoms with Crippen molar-refractivity contribution in [2.75, 3.05) is 0 Å². The molecule has 2 aromatic rings. The van der Waals surface area contributed by atoms with Gasteiger partial charge in [0.05, 0.1) is 16.9 Å². The van der Waals surface area contributed by atoms with Crippen molar-refractivity contribution in [3.63, 3.8) is 0 Å². The Balaban J connectivity index is 2.24. The lowest BCUT2D eigenvalue weighted by molar-refractivity contribution is -0.140. The van der Waals surface area contributed by atoms with Crippen LogP contribution in [0.2, 0.25) is 0 Å². The molecule has 0 saturated carbocycles. The van der Waals surface area contributed by atoms with Crippen molar-refractivity contribution in [1.82, 2.24) is 15.1 Å². The molecular weight excluding hydrogens is 282 g/mol. The first-order valence-corrected chi connectivity index (χ1v) is 7.05. The normalized spacial score (nSPS) is 12.2. The van der Waals surface area contributed by atoms with Gasteiger partial charge < -0.3 is 10.4 Å². The van der Waals surface area contributed by atoms with E-state index < -0.39 is 17.9 Å². The molecule has 2 rings (SSSR count). The lowest BCUT2D eigenvalue weighted by Gasteiger charge is -2.17. The zero-order chi connectivity index (χ0) is 16.3. The number of carboxylic acid groups (broad SMARTS) is 1. The molecule has 0 bridgehead atoms. The largest absolute Gasteiger partial charge is 0.480 e. The highest BCUT2D eigenvalue weighted by atomic mass is 16.4. The molecule has 0 spiro atoms. The Morgan fingerprint density at radius 1 is 1.23 bits per heavy atom. The van der Waals surface area contributed by atoms with Crippen molar-refractivity contribution < 1.29 is 14.7 Å². The van der Waals surface area contributed by atoms with Gasteiger partial charge in [-0.15, -0.1) is 0 Å². The van der Waals surface area contributed by atoms with Gasteiger partial charge >= 0.3 is 5.97 Å². The minimum Gasteiger partial charge on any atom is -0.480 e. The summed E-state index contributed by atoms with van der Waals surface area (Å²) in [5.41, 5.74) is 1.76. The molecule has 2 N–H and O–H groups in total. The molecule has 0 aliphatic carbocycles. The van der Waals surface area contributed by atoms with E-state index in [-0.39, 0.29) is 5.92 Å². The Morgan fingerprint density at radius 3 is 2.41 bits per heavy atom. The molecule has 1 aromatic heterocycles. The Kier molecular flexibility index (Phi) is 4.60. The van der Waals surface area contributed by atoms with Gasteiger partial charge in [-0.3, -0.25) is 4.79 Å². The quantitative estimate of drug-likeness (QED) is 0.885. The van der Waals surface area contributed by atoms with Gasteiger partial charge in [0.2, 0.25) is 0 Å². The number of aliphatic carboxylic acids is 1. The van der Waals surface area contributed by atoms with E-state index in [1.807, 2.05) is 30.3 Å². The molecule has 1 heterocycles. The molecule has 0 aliphatic rings. The smallest absolute Gasteiger partial charge is 0.326 e. The minimum atomic E-state index is -1.04.